The van der Waals surface area contributed by atoms with E-state index in [2.05, 4.69) is 14.9 Å². The fourth-order valence-electron chi connectivity index (χ4n) is 7.17. The molecule has 0 saturated carbocycles. The van der Waals surface area contributed by atoms with Crippen molar-refractivity contribution in [2.45, 2.75) is 57.2 Å². The summed E-state index contributed by atoms with van der Waals surface area (Å²) in [4.78, 5) is 23.6. The van der Waals surface area contributed by atoms with Crippen molar-refractivity contribution < 1.29 is 44.3 Å². The molecule has 1 aromatic heterocycles. The van der Waals surface area contributed by atoms with Crippen molar-refractivity contribution in [2.75, 3.05) is 49.9 Å². The SMILES string of the molecule is CCCS(=O)(=O)Nc1ccc2nc(-c3cccc(C(F)(F)F)c3)c(CN3CCC(N4CCOCC4)CC3)c(C(=O)NC(c3ccccc3)C(F)(F)F)c2c1. The first-order valence-corrected chi connectivity index (χ1v) is 19.4. The van der Waals surface area contributed by atoms with Gasteiger partial charge in [-0.3, -0.25) is 19.3 Å². The van der Waals surface area contributed by atoms with Crippen molar-refractivity contribution in [2.24, 2.45) is 0 Å². The summed E-state index contributed by atoms with van der Waals surface area (Å²) in [6.07, 6.45) is -7.84. The normalized spacial score (nSPS) is 17.4. The largest absolute Gasteiger partial charge is 0.416 e. The third-order valence-electron chi connectivity index (χ3n) is 9.76. The highest BCUT2D eigenvalue weighted by Crippen LogP contribution is 2.38. The number of ether oxygens (including phenoxy) is 1. The lowest BCUT2D eigenvalue weighted by atomic mass is 9.93. The molecule has 1 unspecified atom stereocenters. The molecule has 3 heterocycles. The molecule has 2 aliphatic rings. The molecule has 2 saturated heterocycles. The van der Waals surface area contributed by atoms with Crippen LogP contribution in [0.15, 0.2) is 72.8 Å². The van der Waals surface area contributed by atoms with Gasteiger partial charge in [0.2, 0.25) is 10.0 Å². The molecule has 0 spiro atoms. The lowest BCUT2D eigenvalue weighted by Gasteiger charge is -2.40. The maximum absolute atomic E-state index is 14.7. The quantitative estimate of drug-likeness (QED) is 0.153. The van der Waals surface area contributed by atoms with E-state index in [0.29, 0.717) is 32.7 Å². The number of aromatic nitrogens is 1. The number of pyridine rings is 1. The van der Waals surface area contributed by atoms with E-state index >= 15 is 0 Å². The number of sulfonamides is 1. The maximum Gasteiger partial charge on any atom is 0.416 e. The van der Waals surface area contributed by atoms with E-state index in [1.54, 1.807) is 6.92 Å². The zero-order valence-electron chi connectivity index (χ0n) is 29.5. The minimum absolute atomic E-state index is 0.00311. The average Bonchev–Trinajstić information content (AvgIpc) is 3.13. The number of fused-ring (bicyclic) bond motifs is 1. The van der Waals surface area contributed by atoms with Crippen LogP contribution in [0.4, 0.5) is 32.0 Å². The van der Waals surface area contributed by atoms with Crippen LogP contribution in [0.3, 0.4) is 0 Å². The summed E-state index contributed by atoms with van der Waals surface area (Å²) < 4.78 is 119. The van der Waals surface area contributed by atoms with E-state index in [-0.39, 0.29) is 62.9 Å². The number of piperidine rings is 1. The van der Waals surface area contributed by atoms with Gasteiger partial charge in [0, 0.05) is 47.9 Å². The molecular formula is C38H41F6N5O4S. The lowest BCUT2D eigenvalue weighted by Crippen LogP contribution is -2.48. The van der Waals surface area contributed by atoms with Gasteiger partial charge in [0.05, 0.1) is 41.3 Å². The van der Waals surface area contributed by atoms with Gasteiger partial charge in [0.15, 0.2) is 6.04 Å². The van der Waals surface area contributed by atoms with Crippen LogP contribution in [-0.2, 0) is 27.5 Å². The van der Waals surface area contributed by atoms with Crippen LogP contribution in [0.25, 0.3) is 22.2 Å². The van der Waals surface area contributed by atoms with Gasteiger partial charge in [-0.15, -0.1) is 0 Å². The molecule has 0 aliphatic carbocycles. The van der Waals surface area contributed by atoms with Crippen LogP contribution < -0.4 is 10.0 Å². The molecule has 3 aromatic carbocycles. The summed E-state index contributed by atoms with van der Waals surface area (Å²) in [5.74, 6) is -1.35. The molecule has 2 fully saturated rings. The minimum atomic E-state index is -4.92. The van der Waals surface area contributed by atoms with Gasteiger partial charge in [-0.25, -0.2) is 13.4 Å². The molecule has 2 N–H and O–H groups in total. The Balaban J connectivity index is 1.52. The minimum Gasteiger partial charge on any atom is -0.379 e. The van der Waals surface area contributed by atoms with Crippen LogP contribution in [0.5, 0.6) is 0 Å². The maximum atomic E-state index is 14.7. The van der Waals surface area contributed by atoms with E-state index in [4.69, 9.17) is 9.72 Å². The van der Waals surface area contributed by atoms with Gasteiger partial charge < -0.3 is 10.1 Å². The highest BCUT2D eigenvalue weighted by Gasteiger charge is 2.43. The molecule has 1 amide bonds. The molecule has 290 valence electrons. The molecule has 6 rings (SSSR count). The van der Waals surface area contributed by atoms with Gasteiger partial charge >= 0.3 is 12.4 Å². The number of nitrogens with zero attached hydrogens (tertiary/aromatic N) is 3. The number of likely N-dealkylation sites (tertiary alicyclic amines) is 1. The zero-order valence-corrected chi connectivity index (χ0v) is 30.3. The summed E-state index contributed by atoms with van der Waals surface area (Å²) in [6.45, 7) is 5.55. The molecule has 16 heteroatoms. The van der Waals surface area contributed by atoms with Crippen LogP contribution in [0, 0.1) is 0 Å². The average molecular weight is 778 g/mol. The number of carbonyl (C=O) groups is 1. The number of benzene rings is 3. The smallest absolute Gasteiger partial charge is 0.379 e. The molecule has 1 atom stereocenters. The lowest BCUT2D eigenvalue weighted by molar-refractivity contribution is -0.155. The Hall–Kier alpha value is -4.25. The first kappa shape index (κ1) is 39.4. The molecule has 9 nitrogen and oxygen atoms in total. The van der Waals surface area contributed by atoms with Crippen molar-refractivity contribution in [1.29, 1.82) is 0 Å². The fraction of sp³-hybridized carbons (Fsp3) is 0.421. The number of rotatable bonds is 11. The van der Waals surface area contributed by atoms with E-state index in [1.165, 1.54) is 60.7 Å². The first-order valence-electron chi connectivity index (χ1n) is 17.7. The topological polar surface area (TPSA) is 104 Å². The van der Waals surface area contributed by atoms with Crippen molar-refractivity contribution in [3.8, 4) is 11.3 Å². The monoisotopic (exact) mass is 777 g/mol. The molecule has 54 heavy (non-hydrogen) atoms. The summed E-state index contributed by atoms with van der Waals surface area (Å²) in [5.41, 5.74) is -1.19. The molecular weight excluding hydrogens is 737 g/mol. The predicted molar refractivity (Wildman–Crippen MR) is 193 cm³/mol. The molecule has 2 aliphatic heterocycles. The van der Waals surface area contributed by atoms with E-state index in [0.717, 1.165) is 38.1 Å². The zero-order chi connectivity index (χ0) is 38.7. The van der Waals surface area contributed by atoms with Crippen molar-refractivity contribution in [1.82, 2.24) is 20.1 Å². The summed E-state index contributed by atoms with van der Waals surface area (Å²) in [5, 5.41) is 2.20. The van der Waals surface area contributed by atoms with Gasteiger partial charge in [-0.1, -0.05) is 49.4 Å². The summed E-state index contributed by atoms with van der Waals surface area (Å²) in [7, 11) is -3.82. The van der Waals surface area contributed by atoms with Crippen LogP contribution in [0.2, 0.25) is 0 Å². The Morgan fingerprint density at radius 1 is 0.926 bits per heavy atom. The number of anilines is 1. The molecule has 0 bridgehead atoms. The second-order valence-electron chi connectivity index (χ2n) is 13.6. The molecule has 0 radical (unpaired) electrons. The number of halogens is 6. The Bertz CT molecular complexity index is 2050. The third-order valence-corrected chi connectivity index (χ3v) is 11.3. The van der Waals surface area contributed by atoms with Crippen LogP contribution >= 0.6 is 0 Å². The van der Waals surface area contributed by atoms with Gasteiger partial charge in [0.1, 0.15) is 0 Å². The number of hydrogen-bond acceptors (Lipinski definition) is 7. The number of amides is 1. The Labute approximate surface area is 309 Å². The van der Waals surface area contributed by atoms with E-state index in [9.17, 15) is 39.6 Å². The number of carbonyl (C=O) groups excluding carboxylic acids is 1. The van der Waals surface area contributed by atoms with Crippen LogP contribution in [0.1, 0.15) is 59.3 Å². The second-order valence-corrected chi connectivity index (χ2v) is 15.4. The number of hydrogen-bond donors (Lipinski definition) is 2. The fourth-order valence-corrected chi connectivity index (χ4v) is 8.30. The van der Waals surface area contributed by atoms with Crippen LogP contribution in [-0.4, -0.2) is 86.5 Å². The highest BCUT2D eigenvalue weighted by atomic mass is 32.2. The highest BCUT2D eigenvalue weighted by molar-refractivity contribution is 7.92. The summed E-state index contributed by atoms with van der Waals surface area (Å²) >= 11 is 0. The van der Waals surface area contributed by atoms with Crippen molar-refractivity contribution >= 4 is 32.5 Å². The van der Waals surface area contributed by atoms with Gasteiger partial charge in [-0.05, 0) is 68.2 Å². The molecule has 4 aromatic rings. The van der Waals surface area contributed by atoms with E-state index < -0.39 is 39.9 Å². The van der Waals surface area contributed by atoms with Gasteiger partial charge in [0.25, 0.3) is 5.91 Å². The summed E-state index contributed by atoms with van der Waals surface area (Å²) in [6, 6.07) is 13.2. The Morgan fingerprint density at radius 3 is 2.28 bits per heavy atom. The van der Waals surface area contributed by atoms with Gasteiger partial charge in [-0.2, -0.15) is 26.3 Å². The third kappa shape index (κ3) is 9.33. The Kier molecular flexibility index (Phi) is 11.9. The first-order chi connectivity index (χ1) is 25.6. The van der Waals surface area contributed by atoms with Crippen molar-refractivity contribution in [3.05, 3.63) is 95.1 Å². The second kappa shape index (κ2) is 16.2. The number of alkyl halides is 6. The number of morpholine rings is 1. The standard InChI is InChI=1S/C38H41F6N5O4S/c1-2-21-54(51,52)47-28-11-12-32-30(23-28)33(36(50)46-35(38(42,43)44)25-7-4-3-5-8-25)31(34(45-32)26-9-6-10-27(22-26)37(39,40)41)24-48-15-13-29(14-16-48)49-17-19-53-20-18-49/h3-12,22-23,29,35,47H,2,13-21,24H2,1H3,(H,46,50). The van der Waals surface area contributed by atoms with Crippen molar-refractivity contribution in [3.63, 3.8) is 0 Å². The Morgan fingerprint density at radius 2 is 1.63 bits per heavy atom. The predicted octanol–water partition coefficient (Wildman–Crippen LogP) is 7.40. The number of nitrogens with one attached hydrogen (secondary N) is 2. The van der Waals surface area contributed by atoms with E-state index in [1.807, 2.05) is 4.90 Å².